The zero-order valence-electron chi connectivity index (χ0n) is 12.1. The highest BCUT2D eigenvalue weighted by Gasteiger charge is 2.35. The highest BCUT2D eigenvalue weighted by molar-refractivity contribution is 6.33. The minimum Gasteiger partial charge on any atom is -0.383 e. The molecule has 1 rings (SSSR count). The number of rotatable bonds is 6. The molecular weight excluding hydrogens is 268 g/mol. The van der Waals surface area contributed by atoms with Crippen LogP contribution in [-0.4, -0.2) is 42.5 Å². The van der Waals surface area contributed by atoms with Crippen LogP contribution in [-0.2, 0) is 16.0 Å². The van der Waals surface area contributed by atoms with Crippen molar-refractivity contribution < 1.29 is 14.3 Å². The lowest BCUT2D eigenvalue weighted by Gasteiger charge is -2.28. The van der Waals surface area contributed by atoms with Crippen LogP contribution >= 0.6 is 11.6 Å². The number of methoxy groups -OCH3 is 2. The van der Waals surface area contributed by atoms with E-state index in [1.165, 1.54) is 13.3 Å². The highest BCUT2D eigenvalue weighted by atomic mass is 35.5. The Bertz CT molecular complexity index is 438. The molecule has 0 spiro atoms. The zero-order chi connectivity index (χ0) is 14.6. The first-order valence-corrected chi connectivity index (χ1v) is 6.48. The summed E-state index contributed by atoms with van der Waals surface area (Å²) in [5.74, 6) is -0.159. The van der Waals surface area contributed by atoms with Crippen LogP contribution < -0.4 is 0 Å². The fraction of sp³-hybridized carbons (Fsp3) is 0.692. The Kier molecular flexibility index (Phi) is 5.52. The van der Waals surface area contributed by atoms with Gasteiger partial charge in [-0.05, 0) is 5.41 Å². The van der Waals surface area contributed by atoms with Gasteiger partial charge < -0.3 is 9.47 Å². The monoisotopic (exact) mass is 288 g/mol. The summed E-state index contributed by atoms with van der Waals surface area (Å²) in [7, 11) is 3.12. The molecule has 0 aliphatic rings. The molecule has 6 heteroatoms. The van der Waals surface area contributed by atoms with Gasteiger partial charge in [0, 0.05) is 14.2 Å². The standard InChI is InChI=1S/C13H21ClN2O3/c1-13(2,3)12(19-5)11(17)10-9(14)8-15-16(10)6-7-18-4/h8,12H,6-7H2,1-5H3. The third-order valence-corrected chi connectivity index (χ3v) is 3.07. The molecular formula is C13H21ClN2O3. The molecule has 5 nitrogen and oxygen atoms in total. The number of ether oxygens (including phenoxy) is 2. The minimum absolute atomic E-state index is 0.159. The molecule has 0 aromatic carbocycles. The summed E-state index contributed by atoms with van der Waals surface area (Å²) in [4.78, 5) is 12.6. The van der Waals surface area contributed by atoms with Crippen LogP contribution in [0.2, 0.25) is 5.02 Å². The Balaban J connectivity index is 3.07. The van der Waals surface area contributed by atoms with Gasteiger partial charge in [-0.1, -0.05) is 32.4 Å². The molecule has 1 aromatic rings. The molecule has 0 radical (unpaired) electrons. The van der Waals surface area contributed by atoms with Gasteiger partial charge in [0.1, 0.15) is 11.8 Å². The molecule has 0 N–H and O–H groups in total. The average molecular weight is 289 g/mol. The summed E-state index contributed by atoms with van der Waals surface area (Å²) < 4.78 is 11.9. The van der Waals surface area contributed by atoms with E-state index in [2.05, 4.69) is 5.10 Å². The topological polar surface area (TPSA) is 53.4 Å². The normalized spacial score (nSPS) is 13.6. The highest BCUT2D eigenvalue weighted by Crippen LogP contribution is 2.27. The molecule has 0 saturated carbocycles. The van der Waals surface area contributed by atoms with Crippen molar-refractivity contribution in [3.63, 3.8) is 0 Å². The molecule has 1 atom stereocenters. The number of carbonyl (C=O) groups is 1. The predicted octanol–water partition coefficient (Wildman–Crippen LogP) is 2.43. The van der Waals surface area contributed by atoms with Gasteiger partial charge in [-0.2, -0.15) is 5.10 Å². The fourth-order valence-corrected chi connectivity index (χ4v) is 2.17. The van der Waals surface area contributed by atoms with Gasteiger partial charge in [0.2, 0.25) is 5.78 Å². The maximum atomic E-state index is 12.6. The van der Waals surface area contributed by atoms with Crippen molar-refractivity contribution >= 4 is 17.4 Å². The molecule has 1 unspecified atom stereocenters. The second kappa shape index (κ2) is 6.50. The summed E-state index contributed by atoms with van der Waals surface area (Å²) in [6.45, 7) is 6.78. The summed E-state index contributed by atoms with van der Waals surface area (Å²) in [5.41, 5.74) is 0.0615. The van der Waals surface area contributed by atoms with Crippen molar-refractivity contribution in [2.45, 2.75) is 33.4 Å². The molecule has 108 valence electrons. The second-order valence-corrected chi connectivity index (χ2v) is 5.81. The van der Waals surface area contributed by atoms with Crippen molar-refractivity contribution in [1.29, 1.82) is 0 Å². The number of hydrogen-bond acceptors (Lipinski definition) is 4. The Morgan fingerprint density at radius 1 is 1.47 bits per heavy atom. The van der Waals surface area contributed by atoms with Gasteiger partial charge in [0.25, 0.3) is 0 Å². The minimum atomic E-state index is -0.567. The number of hydrogen-bond donors (Lipinski definition) is 0. The van der Waals surface area contributed by atoms with Crippen molar-refractivity contribution in [2.24, 2.45) is 5.41 Å². The van der Waals surface area contributed by atoms with Gasteiger partial charge in [0.05, 0.1) is 24.4 Å². The van der Waals surface area contributed by atoms with E-state index in [1.54, 1.807) is 11.8 Å². The van der Waals surface area contributed by atoms with Gasteiger partial charge >= 0.3 is 0 Å². The van der Waals surface area contributed by atoms with Crippen LogP contribution in [0.3, 0.4) is 0 Å². The maximum Gasteiger partial charge on any atom is 0.211 e. The second-order valence-electron chi connectivity index (χ2n) is 5.40. The summed E-state index contributed by atoms with van der Waals surface area (Å²) in [6.07, 6.45) is 0.905. The molecule has 0 aliphatic carbocycles. The van der Waals surface area contributed by atoms with E-state index < -0.39 is 6.10 Å². The summed E-state index contributed by atoms with van der Waals surface area (Å²) >= 11 is 6.07. The number of carbonyl (C=O) groups excluding carboxylic acids is 1. The maximum absolute atomic E-state index is 12.6. The van der Waals surface area contributed by atoms with Crippen LogP contribution in [0.25, 0.3) is 0 Å². The average Bonchev–Trinajstić information content (AvgIpc) is 2.66. The number of nitrogens with zero attached hydrogens (tertiary/aromatic N) is 2. The van der Waals surface area contributed by atoms with E-state index in [-0.39, 0.29) is 11.2 Å². The Hall–Kier alpha value is -0.910. The summed E-state index contributed by atoms with van der Waals surface area (Å²) in [5, 5.41) is 4.44. The fourth-order valence-electron chi connectivity index (χ4n) is 1.93. The van der Waals surface area contributed by atoms with E-state index in [0.717, 1.165) is 0 Å². The van der Waals surface area contributed by atoms with Crippen molar-refractivity contribution in [3.05, 3.63) is 16.9 Å². The molecule has 1 aromatic heterocycles. The van der Waals surface area contributed by atoms with Gasteiger partial charge in [0.15, 0.2) is 0 Å². The first-order chi connectivity index (χ1) is 8.82. The van der Waals surface area contributed by atoms with Crippen LogP contribution in [0.4, 0.5) is 0 Å². The quantitative estimate of drug-likeness (QED) is 0.755. The molecule has 19 heavy (non-hydrogen) atoms. The van der Waals surface area contributed by atoms with Gasteiger partial charge in [-0.3, -0.25) is 9.48 Å². The van der Waals surface area contributed by atoms with E-state index in [4.69, 9.17) is 21.1 Å². The SMILES string of the molecule is COCCn1ncc(Cl)c1C(=O)C(OC)C(C)(C)C. The van der Waals surface area contributed by atoms with Crippen LogP contribution in [0, 0.1) is 5.41 Å². The lowest BCUT2D eigenvalue weighted by atomic mass is 9.85. The van der Waals surface area contributed by atoms with E-state index >= 15 is 0 Å². The Labute approximate surface area is 118 Å². The first kappa shape index (κ1) is 16.1. The molecule has 0 saturated heterocycles. The molecule has 0 amide bonds. The number of ketones is 1. The van der Waals surface area contributed by atoms with Crippen molar-refractivity contribution in [1.82, 2.24) is 9.78 Å². The smallest absolute Gasteiger partial charge is 0.211 e. The predicted molar refractivity (Wildman–Crippen MR) is 73.7 cm³/mol. The number of aromatic nitrogens is 2. The van der Waals surface area contributed by atoms with Crippen molar-refractivity contribution in [2.75, 3.05) is 20.8 Å². The van der Waals surface area contributed by atoms with Gasteiger partial charge in [-0.15, -0.1) is 0 Å². The van der Waals surface area contributed by atoms with Crippen molar-refractivity contribution in [3.8, 4) is 0 Å². The van der Waals surface area contributed by atoms with Crippen LogP contribution in [0.1, 0.15) is 31.3 Å². The third-order valence-electron chi connectivity index (χ3n) is 2.80. The molecule has 0 aliphatic heterocycles. The largest absolute Gasteiger partial charge is 0.383 e. The van der Waals surface area contributed by atoms with Crippen LogP contribution in [0.5, 0.6) is 0 Å². The zero-order valence-corrected chi connectivity index (χ0v) is 12.8. The summed E-state index contributed by atoms with van der Waals surface area (Å²) in [6, 6.07) is 0. The van der Waals surface area contributed by atoms with Crippen LogP contribution in [0.15, 0.2) is 6.20 Å². The van der Waals surface area contributed by atoms with E-state index in [9.17, 15) is 4.79 Å². The Morgan fingerprint density at radius 3 is 2.58 bits per heavy atom. The van der Waals surface area contributed by atoms with E-state index in [1.807, 2.05) is 20.8 Å². The Morgan fingerprint density at radius 2 is 2.11 bits per heavy atom. The molecule has 1 heterocycles. The first-order valence-electron chi connectivity index (χ1n) is 6.10. The van der Waals surface area contributed by atoms with Gasteiger partial charge in [-0.25, -0.2) is 0 Å². The lowest BCUT2D eigenvalue weighted by molar-refractivity contribution is 0.0186. The van der Waals surface area contributed by atoms with E-state index in [0.29, 0.717) is 23.9 Å². The molecule has 0 bridgehead atoms. The lowest BCUT2D eigenvalue weighted by Crippen LogP contribution is -2.37. The molecule has 0 fully saturated rings. The third kappa shape index (κ3) is 3.78. The number of halogens is 1. The number of Topliss-reactive ketones (excluding diaryl/α,β-unsaturated/α-hetero) is 1.